The Balaban J connectivity index is 2.41. The van der Waals surface area contributed by atoms with Gasteiger partial charge in [-0.2, -0.15) is 0 Å². The summed E-state index contributed by atoms with van der Waals surface area (Å²) in [6.07, 6.45) is 0. The molecule has 0 saturated heterocycles. The van der Waals surface area contributed by atoms with Crippen LogP contribution in [0.4, 0.5) is 5.82 Å². The Kier molecular flexibility index (Phi) is 2.33. The van der Waals surface area contributed by atoms with E-state index in [0.29, 0.717) is 18.0 Å². The minimum Gasteiger partial charge on any atom is -0.462 e. The smallest absolute Gasteiger partial charge is 0.338 e. The zero-order chi connectivity index (χ0) is 10.8. The molecule has 0 amide bonds. The molecule has 1 heterocycles. The largest absolute Gasteiger partial charge is 0.462 e. The molecular formula is C11H12N2O2. The van der Waals surface area contributed by atoms with E-state index in [1.807, 2.05) is 12.1 Å². The van der Waals surface area contributed by atoms with Crippen LogP contribution in [-0.2, 0) is 4.74 Å². The third-order valence-corrected chi connectivity index (χ3v) is 2.15. The van der Waals surface area contributed by atoms with Crippen molar-refractivity contribution in [2.75, 3.05) is 12.3 Å². The molecule has 0 unspecified atom stereocenters. The number of nitrogens with two attached hydrogens (primary N) is 1. The summed E-state index contributed by atoms with van der Waals surface area (Å²) in [4.78, 5) is 14.4. The van der Waals surface area contributed by atoms with Gasteiger partial charge in [-0.15, -0.1) is 0 Å². The van der Waals surface area contributed by atoms with Gasteiger partial charge in [0.15, 0.2) is 0 Å². The number of ether oxygens (including phenoxy) is 1. The van der Waals surface area contributed by atoms with Crippen molar-refractivity contribution in [1.29, 1.82) is 0 Å². The molecule has 0 radical (unpaired) electrons. The van der Waals surface area contributed by atoms with Crippen molar-refractivity contribution < 1.29 is 9.53 Å². The molecule has 2 aromatic rings. The summed E-state index contributed by atoms with van der Waals surface area (Å²) in [7, 11) is 0. The number of benzene rings is 1. The summed E-state index contributed by atoms with van der Waals surface area (Å²) in [5.41, 5.74) is 6.98. The van der Waals surface area contributed by atoms with Gasteiger partial charge in [0, 0.05) is 10.9 Å². The van der Waals surface area contributed by atoms with Gasteiger partial charge < -0.3 is 15.5 Å². The van der Waals surface area contributed by atoms with E-state index in [2.05, 4.69) is 4.98 Å². The van der Waals surface area contributed by atoms with Crippen LogP contribution in [0.1, 0.15) is 17.3 Å². The maximum absolute atomic E-state index is 11.4. The molecule has 0 aliphatic rings. The molecule has 3 N–H and O–H groups in total. The standard InChI is InChI=1S/C11H12N2O2/c1-2-15-11(14)8-4-3-7-6-10(12)13-9(7)5-8/h3-6,13H,2,12H2,1H3. The van der Waals surface area contributed by atoms with Crippen LogP contribution in [0.5, 0.6) is 0 Å². The van der Waals surface area contributed by atoms with Crippen LogP contribution in [-0.4, -0.2) is 17.6 Å². The van der Waals surface area contributed by atoms with Crippen molar-refractivity contribution in [1.82, 2.24) is 4.98 Å². The predicted molar refractivity (Wildman–Crippen MR) is 58.7 cm³/mol. The van der Waals surface area contributed by atoms with Gasteiger partial charge in [-0.25, -0.2) is 4.79 Å². The quantitative estimate of drug-likeness (QED) is 0.734. The summed E-state index contributed by atoms with van der Waals surface area (Å²) in [6, 6.07) is 7.13. The highest BCUT2D eigenvalue weighted by molar-refractivity contribution is 5.95. The van der Waals surface area contributed by atoms with Gasteiger partial charge in [-0.3, -0.25) is 0 Å². The number of nitrogen functional groups attached to an aromatic ring is 1. The average Bonchev–Trinajstić information content (AvgIpc) is 2.57. The highest BCUT2D eigenvalue weighted by Crippen LogP contribution is 2.18. The van der Waals surface area contributed by atoms with Gasteiger partial charge in [-0.05, 0) is 25.1 Å². The van der Waals surface area contributed by atoms with Gasteiger partial charge in [-0.1, -0.05) is 6.07 Å². The van der Waals surface area contributed by atoms with Crippen LogP contribution < -0.4 is 5.73 Å². The second kappa shape index (κ2) is 3.65. The number of H-pyrrole nitrogens is 1. The van der Waals surface area contributed by atoms with Crippen molar-refractivity contribution in [3.05, 3.63) is 29.8 Å². The Labute approximate surface area is 87.0 Å². The number of fused-ring (bicyclic) bond motifs is 1. The van der Waals surface area contributed by atoms with Crippen LogP contribution in [0.15, 0.2) is 24.3 Å². The van der Waals surface area contributed by atoms with Crippen molar-refractivity contribution in [2.24, 2.45) is 0 Å². The van der Waals surface area contributed by atoms with E-state index in [1.165, 1.54) is 0 Å². The first kappa shape index (κ1) is 9.58. The summed E-state index contributed by atoms with van der Waals surface area (Å²) >= 11 is 0. The maximum Gasteiger partial charge on any atom is 0.338 e. The number of hydrogen-bond donors (Lipinski definition) is 2. The normalized spacial score (nSPS) is 10.5. The lowest BCUT2D eigenvalue weighted by Gasteiger charge is -2.00. The minimum atomic E-state index is -0.312. The molecular weight excluding hydrogens is 192 g/mol. The molecule has 0 fully saturated rings. The third kappa shape index (κ3) is 1.79. The second-order valence-corrected chi connectivity index (χ2v) is 3.25. The maximum atomic E-state index is 11.4. The van der Waals surface area contributed by atoms with Gasteiger partial charge in [0.1, 0.15) is 5.82 Å². The van der Waals surface area contributed by atoms with Crippen molar-refractivity contribution in [2.45, 2.75) is 6.92 Å². The summed E-state index contributed by atoms with van der Waals surface area (Å²) in [5, 5.41) is 0.987. The van der Waals surface area contributed by atoms with Crippen molar-refractivity contribution in [3.63, 3.8) is 0 Å². The lowest BCUT2D eigenvalue weighted by Crippen LogP contribution is -2.03. The number of nitrogens with one attached hydrogen (secondary N) is 1. The molecule has 1 aromatic carbocycles. The monoisotopic (exact) mass is 204 g/mol. The second-order valence-electron chi connectivity index (χ2n) is 3.25. The van der Waals surface area contributed by atoms with E-state index < -0.39 is 0 Å². The van der Waals surface area contributed by atoms with E-state index in [0.717, 1.165) is 10.9 Å². The van der Waals surface area contributed by atoms with E-state index in [4.69, 9.17) is 10.5 Å². The fraction of sp³-hybridized carbons (Fsp3) is 0.182. The Morgan fingerprint density at radius 2 is 2.27 bits per heavy atom. The molecule has 0 bridgehead atoms. The SMILES string of the molecule is CCOC(=O)c1ccc2cc(N)[nH]c2c1. The molecule has 15 heavy (non-hydrogen) atoms. The number of hydrogen-bond acceptors (Lipinski definition) is 3. The summed E-state index contributed by atoms with van der Waals surface area (Å²) in [6.45, 7) is 2.16. The number of anilines is 1. The topological polar surface area (TPSA) is 68.1 Å². The summed E-state index contributed by atoms with van der Waals surface area (Å²) < 4.78 is 4.90. The molecule has 0 saturated carbocycles. The van der Waals surface area contributed by atoms with Crippen molar-refractivity contribution in [3.8, 4) is 0 Å². The molecule has 0 aliphatic carbocycles. The third-order valence-electron chi connectivity index (χ3n) is 2.15. The molecule has 1 aromatic heterocycles. The molecule has 0 spiro atoms. The Morgan fingerprint density at radius 3 is 3.00 bits per heavy atom. The highest BCUT2D eigenvalue weighted by atomic mass is 16.5. The number of rotatable bonds is 2. The van der Waals surface area contributed by atoms with Crippen LogP contribution >= 0.6 is 0 Å². The molecule has 4 heteroatoms. The predicted octanol–water partition coefficient (Wildman–Crippen LogP) is 1.93. The van der Waals surface area contributed by atoms with Gasteiger partial charge in [0.2, 0.25) is 0 Å². The molecule has 78 valence electrons. The van der Waals surface area contributed by atoms with Crippen LogP contribution in [0.3, 0.4) is 0 Å². The molecule has 4 nitrogen and oxygen atoms in total. The lowest BCUT2D eigenvalue weighted by molar-refractivity contribution is 0.0526. The fourth-order valence-electron chi connectivity index (χ4n) is 1.49. The van der Waals surface area contributed by atoms with Crippen LogP contribution in [0, 0.1) is 0 Å². The number of aromatic nitrogens is 1. The first-order valence-electron chi connectivity index (χ1n) is 4.76. The Morgan fingerprint density at radius 1 is 1.47 bits per heavy atom. The van der Waals surface area contributed by atoms with Gasteiger partial charge in [0.25, 0.3) is 0 Å². The van der Waals surface area contributed by atoms with E-state index in [-0.39, 0.29) is 5.97 Å². The summed E-state index contributed by atoms with van der Waals surface area (Å²) in [5.74, 6) is 0.276. The minimum absolute atomic E-state index is 0.312. The van der Waals surface area contributed by atoms with Crippen LogP contribution in [0.25, 0.3) is 10.9 Å². The van der Waals surface area contributed by atoms with Gasteiger partial charge in [0.05, 0.1) is 12.2 Å². The number of esters is 1. The average molecular weight is 204 g/mol. The Hall–Kier alpha value is -1.97. The molecule has 2 rings (SSSR count). The fourth-order valence-corrected chi connectivity index (χ4v) is 1.49. The first-order valence-corrected chi connectivity index (χ1v) is 4.76. The number of carbonyl (C=O) groups is 1. The number of aromatic amines is 1. The van der Waals surface area contributed by atoms with Crippen molar-refractivity contribution >= 4 is 22.7 Å². The molecule has 0 aliphatic heterocycles. The van der Waals surface area contributed by atoms with Gasteiger partial charge >= 0.3 is 5.97 Å². The highest BCUT2D eigenvalue weighted by Gasteiger charge is 2.07. The zero-order valence-electron chi connectivity index (χ0n) is 8.41. The van der Waals surface area contributed by atoms with Crippen LogP contribution in [0.2, 0.25) is 0 Å². The zero-order valence-corrected chi connectivity index (χ0v) is 8.41. The van der Waals surface area contributed by atoms with E-state index >= 15 is 0 Å². The first-order chi connectivity index (χ1) is 7.20. The number of carbonyl (C=O) groups excluding carboxylic acids is 1. The lowest BCUT2D eigenvalue weighted by atomic mass is 10.2. The van der Waals surface area contributed by atoms with E-state index in [9.17, 15) is 4.79 Å². The Bertz CT molecular complexity index is 502. The molecule has 0 atom stereocenters. The van der Waals surface area contributed by atoms with E-state index in [1.54, 1.807) is 19.1 Å².